The summed E-state index contributed by atoms with van der Waals surface area (Å²) in [4.78, 5) is 25.6. The molecule has 1 aliphatic carbocycles. The van der Waals surface area contributed by atoms with E-state index in [0.717, 1.165) is 6.54 Å². The third-order valence-corrected chi connectivity index (χ3v) is 4.07. The van der Waals surface area contributed by atoms with E-state index in [1.807, 2.05) is 0 Å². The summed E-state index contributed by atoms with van der Waals surface area (Å²) in [6.45, 7) is 3.44. The van der Waals surface area contributed by atoms with Crippen molar-refractivity contribution in [3.63, 3.8) is 0 Å². The van der Waals surface area contributed by atoms with Crippen LogP contribution in [0.5, 0.6) is 0 Å². The number of nitrogens with zero attached hydrogens (tertiary/aromatic N) is 1. The molecule has 1 amide bonds. The second-order valence-electron chi connectivity index (χ2n) is 5.67. The molecule has 3 rings (SSSR count). The molecule has 0 aromatic heterocycles. The Bertz CT molecular complexity index is 569. The monoisotopic (exact) mass is 292 g/mol. The molecule has 1 heterocycles. The number of amides is 1. The molecule has 1 atom stereocenters. The molecule has 106 valence electrons. The third-order valence-electron chi connectivity index (χ3n) is 3.77. The highest BCUT2D eigenvalue weighted by Gasteiger charge is 2.37. The van der Waals surface area contributed by atoms with Crippen LogP contribution in [0.2, 0.25) is 5.02 Å². The summed E-state index contributed by atoms with van der Waals surface area (Å²) < 4.78 is 0. The highest BCUT2D eigenvalue weighted by Crippen LogP contribution is 2.36. The quantitative estimate of drug-likeness (QED) is 0.847. The average Bonchev–Trinajstić information content (AvgIpc) is 3.22. The number of fused-ring (bicyclic) bond motifs is 1. The molecule has 1 saturated carbocycles. The maximum atomic E-state index is 12.1. The lowest BCUT2D eigenvalue weighted by Crippen LogP contribution is -2.37. The Morgan fingerprint density at radius 2 is 2.15 bits per heavy atom. The number of carbonyl (C=O) groups is 2. The molecule has 20 heavy (non-hydrogen) atoms. The molecule has 1 N–H and O–H groups in total. The molecule has 0 saturated heterocycles. The summed E-state index contributed by atoms with van der Waals surface area (Å²) in [6, 6.07) is 5.72. The molecule has 4 nitrogen and oxygen atoms in total. The smallest absolute Gasteiger partial charge is 0.299 e. The first-order valence-corrected chi connectivity index (χ1v) is 7.34. The van der Waals surface area contributed by atoms with Crippen LogP contribution in [0, 0.1) is 5.92 Å². The average molecular weight is 293 g/mol. The number of rotatable bonds is 5. The van der Waals surface area contributed by atoms with Crippen LogP contribution in [0.4, 0.5) is 5.69 Å². The van der Waals surface area contributed by atoms with Crippen LogP contribution in [0.3, 0.4) is 0 Å². The van der Waals surface area contributed by atoms with Gasteiger partial charge in [-0.15, -0.1) is 0 Å². The van der Waals surface area contributed by atoms with Crippen LogP contribution in [0.1, 0.15) is 30.1 Å². The normalized spacial score (nSPS) is 19.4. The van der Waals surface area contributed by atoms with Crippen LogP contribution < -0.4 is 10.2 Å². The fourth-order valence-electron chi connectivity index (χ4n) is 2.52. The molecule has 0 spiro atoms. The largest absolute Gasteiger partial charge is 0.314 e. The number of halogens is 1. The molecular weight excluding hydrogens is 276 g/mol. The molecule has 1 fully saturated rings. The van der Waals surface area contributed by atoms with Gasteiger partial charge in [0.2, 0.25) is 0 Å². The Kier molecular flexibility index (Phi) is 3.52. The summed E-state index contributed by atoms with van der Waals surface area (Å²) in [5, 5.41) is 3.90. The number of hydrogen-bond acceptors (Lipinski definition) is 3. The zero-order chi connectivity index (χ0) is 14.3. The van der Waals surface area contributed by atoms with Crippen LogP contribution in [0.25, 0.3) is 0 Å². The minimum Gasteiger partial charge on any atom is -0.314 e. The van der Waals surface area contributed by atoms with Crippen LogP contribution in [-0.2, 0) is 4.79 Å². The summed E-state index contributed by atoms with van der Waals surface area (Å²) in [5.74, 6) is -0.647. The van der Waals surface area contributed by atoms with Crippen molar-refractivity contribution in [2.45, 2.75) is 25.8 Å². The maximum absolute atomic E-state index is 12.1. The molecule has 2 aliphatic rings. The number of carbonyl (C=O) groups excluding carboxylic acids is 2. The highest BCUT2D eigenvalue weighted by molar-refractivity contribution is 6.54. The second kappa shape index (κ2) is 5.19. The lowest BCUT2D eigenvalue weighted by Gasteiger charge is -2.22. The number of nitrogens with one attached hydrogen (secondary N) is 1. The van der Waals surface area contributed by atoms with E-state index in [1.165, 1.54) is 17.7 Å². The van der Waals surface area contributed by atoms with Crippen molar-refractivity contribution in [1.82, 2.24) is 5.32 Å². The summed E-state index contributed by atoms with van der Waals surface area (Å²) in [6.07, 6.45) is 2.48. The van der Waals surface area contributed by atoms with Gasteiger partial charge in [0.25, 0.3) is 11.7 Å². The predicted molar refractivity (Wildman–Crippen MR) is 78.3 cm³/mol. The first-order valence-electron chi connectivity index (χ1n) is 6.96. The van der Waals surface area contributed by atoms with Crippen LogP contribution in [0.15, 0.2) is 18.2 Å². The van der Waals surface area contributed by atoms with E-state index in [-0.39, 0.29) is 5.92 Å². The van der Waals surface area contributed by atoms with Gasteiger partial charge >= 0.3 is 0 Å². The zero-order valence-corrected chi connectivity index (χ0v) is 12.1. The number of Topliss-reactive ketones (excluding diaryl/α,β-unsaturated/α-hetero) is 1. The van der Waals surface area contributed by atoms with Crippen molar-refractivity contribution in [2.75, 3.05) is 18.0 Å². The molecule has 0 radical (unpaired) electrons. The van der Waals surface area contributed by atoms with E-state index >= 15 is 0 Å². The van der Waals surface area contributed by atoms with E-state index in [4.69, 9.17) is 11.6 Å². The molecule has 1 unspecified atom stereocenters. The van der Waals surface area contributed by atoms with Crippen LogP contribution >= 0.6 is 11.6 Å². The van der Waals surface area contributed by atoms with E-state index in [9.17, 15) is 9.59 Å². The molecule has 0 bridgehead atoms. The van der Waals surface area contributed by atoms with Crippen molar-refractivity contribution in [3.05, 3.63) is 28.8 Å². The van der Waals surface area contributed by atoms with Gasteiger partial charge < -0.3 is 10.2 Å². The lowest BCUT2D eigenvalue weighted by molar-refractivity contribution is -0.114. The van der Waals surface area contributed by atoms with Crippen molar-refractivity contribution < 1.29 is 9.59 Å². The van der Waals surface area contributed by atoms with Gasteiger partial charge in [0.15, 0.2) is 0 Å². The van der Waals surface area contributed by atoms with Crippen LogP contribution in [-0.4, -0.2) is 30.8 Å². The van der Waals surface area contributed by atoms with E-state index < -0.39 is 11.7 Å². The fraction of sp³-hybridized carbons (Fsp3) is 0.467. The Hall–Kier alpha value is -1.39. The fourth-order valence-corrected chi connectivity index (χ4v) is 2.79. The number of para-hydroxylation sites is 1. The molecular formula is C15H17ClN2O2. The van der Waals surface area contributed by atoms with Gasteiger partial charge in [-0.05, 0) is 37.4 Å². The third kappa shape index (κ3) is 2.45. The Morgan fingerprint density at radius 3 is 2.85 bits per heavy atom. The zero-order valence-electron chi connectivity index (χ0n) is 11.4. The highest BCUT2D eigenvalue weighted by atomic mass is 35.5. The van der Waals surface area contributed by atoms with Gasteiger partial charge in [0, 0.05) is 12.6 Å². The summed E-state index contributed by atoms with van der Waals surface area (Å²) >= 11 is 6.15. The van der Waals surface area contributed by atoms with Crippen molar-refractivity contribution in [3.8, 4) is 0 Å². The standard InChI is InChI=1S/C15H17ClN2O2/c1-9(7-17-10-5-6-10)8-18-13-11(14(19)15(18)20)3-2-4-12(13)16/h2-4,9-10,17H,5-8H2,1H3. The number of ketones is 1. The molecule has 5 heteroatoms. The SMILES string of the molecule is CC(CNC1CC1)CN1C(=O)C(=O)c2cccc(Cl)c21. The minimum absolute atomic E-state index is 0.273. The molecule has 1 aromatic rings. The molecule has 1 aliphatic heterocycles. The Morgan fingerprint density at radius 1 is 1.40 bits per heavy atom. The topological polar surface area (TPSA) is 49.4 Å². The van der Waals surface area contributed by atoms with Gasteiger partial charge in [-0.3, -0.25) is 9.59 Å². The first-order chi connectivity index (χ1) is 9.58. The van der Waals surface area contributed by atoms with Crippen molar-refractivity contribution >= 4 is 29.0 Å². The number of benzene rings is 1. The Labute approximate surface area is 123 Å². The predicted octanol–water partition coefficient (Wildman–Crippen LogP) is 2.26. The maximum Gasteiger partial charge on any atom is 0.299 e. The van der Waals surface area contributed by atoms with Gasteiger partial charge in [-0.1, -0.05) is 24.6 Å². The van der Waals surface area contributed by atoms with E-state index in [0.29, 0.717) is 28.9 Å². The number of hydrogen-bond donors (Lipinski definition) is 1. The lowest BCUT2D eigenvalue weighted by atomic mass is 10.1. The first kappa shape index (κ1) is 13.6. The van der Waals surface area contributed by atoms with E-state index in [2.05, 4.69) is 12.2 Å². The minimum atomic E-state index is -0.466. The van der Waals surface area contributed by atoms with Gasteiger partial charge in [-0.25, -0.2) is 0 Å². The Balaban J connectivity index is 1.76. The van der Waals surface area contributed by atoms with Crippen molar-refractivity contribution in [1.29, 1.82) is 0 Å². The second-order valence-corrected chi connectivity index (χ2v) is 6.08. The van der Waals surface area contributed by atoms with Gasteiger partial charge in [0.1, 0.15) is 0 Å². The summed E-state index contributed by atoms with van der Waals surface area (Å²) in [7, 11) is 0. The summed E-state index contributed by atoms with van der Waals surface area (Å²) in [5.41, 5.74) is 0.993. The van der Waals surface area contributed by atoms with Gasteiger partial charge in [0.05, 0.1) is 16.3 Å². The molecule has 1 aromatic carbocycles. The van der Waals surface area contributed by atoms with Crippen molar-refractivity contribution in [2.24, 2.45) is 5.92 Å². The van der Waals surface area contributed by atoms with E-state index in [1.54, 1.807) is 18.2 Å². The number of anilines is 1. The van der Waals surface area contributed by atoms with Gasteiger partial charge in [-0.2, -0.15) is 0 Å².